The summed E-state index contributed by atoms with van der Waals surface area (Å²) in [7, 11) is -3.71. The number of piperazine rings is 1. The van der Waals surface area contributed by atoms with Crippen LogP contribution in [0.25, 0.3) is 5.69 Å². The molecule has 0 aliphatic carbocycles. The number of aryl methyl sites for hydroxylation is 1. The molecule has 168 valence electrons. The molecule has 10 heteroatoms. The van der Waals surface area contributed by atoms with E-state index in [9.17, 15) is 13.2 Å². The fraction of sp³-hybridized carbons (Fsp3) is 0.273. The summed E-state index contributed by atoms with van der Waals surface area (Å²) in [4.78, 5) is 14.7. The van der Waals surface area contributed by atoms with E-state index in [4.69, 9.17) is 23.2 Å². The van der Waals surface area contributed by atoms with Crippen LogP contribution in [0.4, 0.5) is 0 Å². The molecule has 1 aromatic heterocycles. The zero-order valence-corrected chi connectivity index (χ0v) is 20.0. The highest BCUT2D eigenvalue weighted by molar-refractivity contribution is 7.89. The van der Waals surface area contributed by atoms with Crippen LogP contribution in [0.5, 0.6) is 0 Å². The molecule has 0 radical (unpaired) electrons. The average Bonchev–Trinajstić information content (AvgIpc) is 3.06. The van der Waals surface area contributed by atoms with Gasteiger partial charge in [-0.3, -0.25) is 4.79 Å². The molecule has 32 heavy (non-hydrogen) atoms. The number of sulfonamides is 1. The van der Waals surface area contributed by atoms with Crippen molar-refractivity contribution in [3.8, 4) is 5.69 Å². The highest BCUT2D eigenvalue weighted by Crippen LogP contribution is 2.26. The minimum Gasteiger partial charge on any atom is -0.336 e. The van der Waals surface area contributed by atoms with Crippen molar-refractivity contribution in [2.75, 3.05) is 26.2 Å². The third-order valence-corrected chi connectivity index (χ3v) is 8.49. The number of halogens is 2. The van der Waals surface area contributed by atoms with Crippen LogP contribution in [0.15, 0.2) is 53.4 Å². The monoisotopic (exact) mass is 492 g/mol. The molecule has 0 unspecified atom stereocenters. The van der Waals surface area contributed by atoms with Gasteiger partial charge in [0.25, 0.3) is 5.91 Å². The Kier molecular flexibility index (Phi) is 6.31. The number of rotatable bonds is 4. The summed E-state index contributed by atoms with van der Waals surface area (Å²) in [6, 6.07) is 13.5. The molecule has 7 nitrogen and oxygen atoms in total. The first kappa shape index (κ1) is 22.8. The van der Waals surface area contributed by atoms with Crippen molar-refractivity contribution in [1.29, 1.82) is 0 Å². The molecule has 1 aliphatic heterocycles. The summed E-state index contributed by atoms with van der Waals surface area (Å²) in [5.74, 6) is -0.141. The predicted octanol–water partition coefficient (Wildman–Crippen LogP) is 3.94. The number of hydrogen-bond acceptors (Lipinski definition) is 4. The van der Waals surface area contributed by atoms with E-state index in [1.165, 1.54) is 10.4 Å². The number of carbonyl (C=O) groups excluding carboxylic acids is 1. The Balaban J connectivity index is 1.44. The Morgan fingerprint density at radius 3 is 2.12 bits per heavy atom. The van der Waals surface area contributed by atoms with E-state index in [2.05, 4.69) is 5.10 Å². The Labute approximate surface area is 197 Å². The summed E-state index contributed by atoms with van der Waals surface area (Å²) < 4.78 is 28.9. The van der Waals surface area contributed by atoms with Crippen LogP contribution in [0.3, 0.4) is 0 Å². The number of amides is 1. The average molecular weight is 493 g/mol. The highest BCUT2D eigenvalue weighted by atomic mass is 35.5. The fourth-order valence-corrected chi connectivity index (χ4v) is 5.76. The number of nitrogens with zero attached hydrogens (tertiary/aromatic N) is 4. The molecule has 0 spiro atoms. The molecule has 1 fully saturated rings. The van der Waals surface area contributed by atoms with Crippen LogP contribution in [-0.2, 0) is 10.0 Å². The van der Waals surface area contributed by atoms with Crippen molar-refractivity contribution in [2.45, 2.75) is 18.7 Å². The van der Waals surface area contributed by atoms with Crippen LogP contribution in [-0.4, -0.2) is 59.5 Å². The number of hydrogen-bond donors (Lipinski definition) is 0. The maximum absolute atomic E-state index is 12.9. The predicted molar refractivity (Wildman–Crippen MR) is 124 cm³/mol. The summed E-state index contributed by atoms with van der Waals surface area (Å²) >= 11 is 12.3. The molecule has 0 N–H and O–H groups in total. The van der Waals surface area contributed by atoms with Crippen LogP contribution in [0.2, 0.25) is 10.0 Å². The van der Waals surface area contributed by atoms with Gasteiger partial charge in [-0.15, -0.1) is 0 Å². The van der Waals surface area contributed by atoms with Crippen LogP contribution in [0, 0.1) is 13.8 Å². The third kappa shape index (κ3) is 4.15. The lowest BCUT2D eigenvalue weighted by Crippen LogP contribution is -2.50. The van der Waals surface area contributed by atoms with Gasteiger partial charge in [-0.25, -0.2) is 13.1 Å². The quantitative estimate of drug-likeness (QED) is 0.552. The van der Waals surface area contributed by atoms with E-state index in [0.29, 0.717) is 23.7 Å². The normalized spacial score (nSPS) is 15.2. The minimum atomic E-state index is -3.71. The summed E-state index contributed by atoms with van der Waals surface area (Å²) in [5, 5.41) is 5.23. The molecular weight excluding hydrogens is 471 g/mol. The van der Waals surface area contributed by atoms with Gasteiger partial charge in [0, 0.05) is 31.7 Å². The zero-order chi connectivity index (χ0) is 23.0. The van der Waals surface area contributed by atoms with Crippen molar-refractivity contribution in [2.24, 2.45) is 0 Å². The van der Waals surface area contributed by atoms with Crippen LogP contribution in [0.1, 0.15) is 21.7 Å². The first-order valence-corrected chi connectivity index (χ1v) is 12.3. The van der Waals surface area contributed by atoms with Gasteiger partial charge in [-0.1, -0.05) is 35.3 Å². The van der Waals surface area contributed by atoms with Crippen LogP contribution < -0.4 is 0 Å². The lowest BCUT2D eigenvalue weighted by atomic mass is 10.1. The molecule has 3 aromatic rings. The SMILES string of the molecule is Cc1nn(-c2ccc(C(=O)N3CCN(S(=O)(=O)c4ccccc4Cl)CC3)cc2)c(C)c1Cl. The smallest absolute Gasteiger partial charge is 0.253 e. The lowest BCUT2D eigenvalue weighted by molar-refractivity contribution is 0.0698. The molecular formula is C22H22Cl2N4O3S. The minimum absolute atomic E-state index is 0.0845. The van der Waals surface area contributed by atoms with Gasteiger partial charge in [-0.2, -0.15) is 9.40 Å². The van der Waals surface area contributed by atoms with E-state index < -0.39 is 10.0 Å². The Morgan fingerprint density at radius 2 is 1.56 bits per heavy atom. The second-order valence-corrected chi connectivity index (χ2v) is 10.3. The maximum Gasteiger partial charge on any atom is 0.253 e. The largest absolute Gasteiger partial charge is 0.336 e. The van der Waals surface area contributed by atoms with Gasteiger partial charge in [0.1, 0.15) is 4.90 Å². The molecule has 1 aliphatic rings. The molecule has 1 saturated heterocycles. The topological polar surface area (TPSA) is 75.5 Å². The standard InChI is InChI=1S/C22H22Cl2N4O3S/c1-15-21(24)16(2)28(25-15)18-9-7-17(8-10-18)22(29)26-11-13-27(14-12-26)32(30,31)20-6-4-3-5-19(20)23/h3-10H,11-14H2,1-2H3. The summed E-state index contributed by atoms with van der Waals surface area (Å²) in [6.45, 7) is 4.75. The Morgan fingerprint density at radius 1 is 0.938 bits per heavy atom. The lowest BCUT2D eigenvalue weighted by Gasteiger charge is -2.34. The van der Waals surface area contributed by atoms with E-state index >= 15 is 0 Å². The zero-order valence-electron chi connectivity index (χ0n) is 17.6. The highest BCUT2D eigenvalue weighted by Gasteiger charge is 2.31. The molecule has 0 saturated carbocycles. The number of aromatic nitrogens is 2. The van der Waals surface area contributed by atoms with Crippen molar-refractivity contribution in [3.05, 3.63) is 75.5 Å². The van der Waals surface area contributed by atoms with E-state index in [0.717, 1.165) is 17.1 Å². The molecule has 0 bridgehead atoms. The summed E-state index contributed by atoms with van der Waals surface area (Å²) in [5.41, 5.74) is 2.92. The van der Waals surface area contributed by atoms with Crippen molar-refractivity contribution in [3.63, 3.8) is 0 Å². The van der Waals surface area contributed by atoms with Gasteiger partial charge >= 0.3 is 0 Å². The van der Waals surface area contributed by atoms with Gasteiger partial charge in [0.05, 0.1) is 27.1 Å². The summed E-state index contributed by atoms with van der Waals surface area (Å²) in [6.07, 6.45) is 0. The van der Waals surface area contributed by atoms with Gasteiger partial charge in [0.2, 0.25) is 10.0 Å². The van der Waals surface area contributed by atoms with Gasteiger partial charge in [0.15, 0.2) is 0 Å². The second-order valence-electron chi connectivity index (χ2n) is 7.57. The van der Waals surface area contributed by atoms with Crippen LogP contribution >= 0.6 is 23.2 Å². The van der Waals surface area contributed by atoms with Gasteiger partial charge in [-0.05, 0) is 50.2 Å². The van der Waals surface area contributed by atoms with Crippen molar-refractivity contribution >= 4 is 39.1 Å². The molecule has 1 amide bonds. The Bertz CT molecular complexity index is 1260. The van der Waals surface area contributed by atoms with Crippen molar-refractivity contribution < 1.29 is 13.2 Å². The van der Waals surface area contributed by atoms with Crippen molar-refractivity contribution in [1.82, 2.24) is 19.0 Å². The van der Waals surface area contributed by atoms with E-state index in [1.54, 1.807) is 39.9 Å². The maximum atomic E-state index is 12.9. The first-order valence-electron chi connectivity index (χ1n) is 10.1. The first-order chi connectivity index (χ1) is 15.2. The number of carbonyl (C=O) groups is 1. The molecule has 4 rings (SSSR count). The second kappa shape index (κ2) is 8.86. The Hall–Kier alpha value is -2.39. The van der Waals surface area contributed by atoms with Gasteiger partial charge < -0.3 is 4.90 Å². The number of benzene rings is 2. The van der Waals surface area contributed by atoms with E-state index in [1.807, 2.05) is 26.0 Å². The van der Waals surface area contributed by atoms with E-state index in [-0.39, 0.29) is 28.9 Å². The molecule has 2 aromatic carbocycles. The molecule has 2 heterocycles. The molecule has 0 atom stereocenters. The fourth-order valence-electron chi connectivity index (χ4n) is 3.73. The third-order valence-electron chi connectivity index (χ3n) is 5.54.